The van der Waals surface area contributed by atoms with E-state index in [1.165, 1.54) is 0 Å². The molecule has 0 aromatic heterocycles. The summed E-state index contributed by atoms with van der Waals surface area (Å²) < 4.78 is 5.66. The van der Waals surface area contributed by atoms with Crippen molar-refractivity contribution < 1.29 is 9.84 Å². The fraction of sp³-hybridized carbons (Fsp3) is 0.250. The van der Waals surface area contributed by atoms with Crippen LogP contribution in [-0.2, 0) is 6.42 Å². The number of ether oxygens (including phenoxy) is 1. The molecule has 2 nitrogen and oxygen atoms in total. The number of hydrogen-bond donors (Lipinski definition) is 1. The molecule has 1 N–H and O–H groups in total. The van der Waals surface area contributed by atoms with Crippen LogP contribution < -0.4 is 4.74 Å². The molecule has 0 bridgehead atoms. The van der Waals surface area contributed by atoms with Crippen molar-refractivity contribution in [2.24, 2.45) is 0 Å². The van der Waals surface area contributed by atoms with Crippen molar-refractivity contribution in [2.75, 3.05) is 0 Å². The van der Waals surface area contributed by atoms with Gasteiger partial charge in [-0.1, -0.05) is 29.8 Å². The molecule has 0 spiro atoms. The smallest absolute Gasteiger partial charge is 0.123 e. The standard InChI is InChI=1S/C16H15ClO2/c1-10-8-13-9-12(4-7-15(13)19-10)16(18)11-2-5-14(17)6-3-11/h2-7,9-10,16,18H,8H2,1H3. The van der Waals surface area contributed by atoms with Gasteiger partial charge < -0.3 is 9.84 Å². The van der Waals surface area contributed by atoms with Crippen LogP contribution in [0.4, 0.5) is 0 Å². The van der Waals surface area contributed by atoms with Gasteiger partial charge in [0.15, 0.2) is 0 Å². The van der Waals surface area contributed by atoms with Gasteiger partial charge in [-0.15, -0.1) is 0 Å². The fourth-order valence-corrected chi connectivity index (χ4v) is 2.58. The van der Waals surface area contributed by atoms with E-state index in [2.05, 4.69) is 6.92 Å². The lowest BCUT2D eigenvalue weighted by Gasteiger charge is -2.12. The first-order chi connectivity index (χ1) is 9.13. The molecule has 1 heterocycles. The Labute approximate surface area is 117 Å². The normalized spacial score (nSPS) is 18.8. The Kier molecular flexibility index (Phi) is 3.21. The zero-order valence-electron chi connectivity index (χ0n) is 10.6. The number of halogens is 1. The average Bonchev–Trinajstić information content (AvgIpc) is 2.77. The van der Waals surface area contributed by atoms with Crippen LogP contribution in [0.25, 0.3) is 0 Å². The third-order valence-electron chi connectivity index (χ3n) is 3.42. The summed E-state index contributed by atoms with van der Waals surface area (Å²) in [5.41, 5.74) is 2.90. The largest absolute Gasteiger partial charge is 0.490 e. The molecular formula is C16H15ClO2. The topological polar surface area (TPSA) is 29.5 Å². The van der Waals surface area contributed by atoms with Crippen molar-refractivity contribution in [1.82, 2.24) is 0 Å². The zero-order chi connectivity index (χ0) is 13.4. The quantitative estimate of drug-likeness (QED) is 0.904. The number of hydrogen-bond acceptors (Lipinski definition) is 2. The molecule has 0 saturated heterocycles. The van der Waals surface area contributed by atoms with Crippen molar-refractivity contribution in [2.45, 2.75) is 25.6 Å². The second-order valence-electron chi connectivity index (χ2n) is 4.95. The first kappa shape index (κ1) is 12.5. The van der Waals surface area contributed by atoms with Crippen molar-refractivity contribution >= 4 is 11.6 Å². The Morgan fingerprint density at radius 2 is 1.84 bits per heavy atom. The summed E-state index contributed by atoms with van der Waals surface area (Å²) in [5.74, 6) is 0.930. The predicted molar refractivity (Wildman–Crippen MR) is 75.7 cm³/mol. The van der Waals surface area contributed by atoms with E-state index in [1.807, 2.05) is 30.3 Å². The van der Waals surface area contributed by atoms with Gasteiger partial charge in [0.05, 0.1) is 0 Å². The van der Waals surface area contributed by atoms with E-state index in [9.17, 15) is 5.11 Å². The highest BCUT2D eigenvalue weighted by Crippen LogP contribution is 2.32. The first-order valence-electron chi connectivity index (χ1n) is 6.36. The van der Waals surface area contributed by atoms with Gasteiger partial charge in [0.2, 0.25) is 0 Å². The fourth-order valence-electron chi connectivity index (χ4n) is 2.45. The van der Waals surface area contributed by atoms with E-state index >= 15 is 0 Å². The summed E-state index contributed by atoms with van der Waals surface area (Å²) in [6.07, 6.45) is 0.493. The molecule has 1 aliphatic rings. The summed E-state index contributed by atoms with van der Waals surface area (Å²) in [5, 5.41) is 11.1. The van der Waals surface area contributed by atoms with Crippen molar-refractivity contribution in [3.63, 3.8) is 0 Å². The molecule has 2 atom stereocenters. The number of fused-ring (bicyclic) bond motifs is 1. The molecule has 2 aromatic carbocycles. The maximum absolute atomic E-state index is 10.4. The molecule has 19 heavy (non-hydrogen) atoms. The highest BCUT2D eigenvalue weighted by atomic mass is 35.5. The van der Waals surface area contributed by atoms with Gasteiger partial charge in [-0.05, 0) is 47.9 Å². The molecule has 0 radical (unpaired) electrons. The van der Waals surface area contributed by atoms with Gasteiger partial charge in [0.1, 0.15) is 18.0 Å². The van der Waals surface area contributed by atoms with Gasteiger partial charge in [-0.2, -0.15) is 0 Å². The van der Waals surface area contributed by atoms with Crippen LogP contribution in [0.5, 0.6) is 5.75 Å². The second-order valence-corrected chi connectivity index (χ2v) is 5.39. The second kappa shape index (κ2) is 4.87. The molecule has 0 saturated carbocycles. The maximum atomic E-state index is 10.4. The van der Waals surface area contributed by atoms with E-state index in [0.29, 0.717) is 5.02 Å². The van der Waals surface area contributed by atoms with Crippen LogP contribution in [0, 0.1) is 0 Å². The molecule has 0 amide bonds. The lowest BCUT2D eigenvalue weighted by Crippen LogP contribution is -2.05. The zero-order valence-corrected chi connectivity index (χ0v) is 11.4. The van der Waals surface area contributed by atoms with Gasteiger partial charge in [-0.25, -0.2) is 0 Å². The van der Waals surface area contributed by atoms with Gasteiger partial charge in [0, 0.05) is 11.4 Å². The van der Waals surface area contributed by atoms with E-state index in [1.54, 1.807) is 12.1 Å². The lowest BCUT2D eigenvalue weighted by molar-refractivity contribution is 0.220. The van der Waals surface area contributed by atoms with Crippen LogP contribution >= 0.6 is 11.6 Å². The Morgan fingerprint density at radius 1 is 1.16 bits per heavy atom. The molecule has 0 aliphatic carbocycles. The summed E-state index contributed by atoms with van der Waals surface area (Å²) in [6.45, 7) is 2.05. The van der Waals surface area contributed by atoms with E-state index < -0.39 is 6.10 Å². The van der Waals surface area contributed by atoms with Crippen LogP contribution in [0.1, 0.15) is 29.7 Å². The summed E-state index contributed by atoms with van der Waals surface area (Å²) in [4.78, 5) is 0. The maximum Gasteiger partial charge on any atom is 0.123 e. The Morgan fingerprint density at radius 3 is 2.58 bits per heavy atom. The van der Waals surface area contributed by atoms with Crippen LogP contribution in [0.3, 0.4) is 0 Å². The molecule has 3 heteroatoms. The first-order valence-corrected chi connectivity index (χ1v) is 6.74. The summed E-state index contributed by atoms with van der Waals surface area (Å²) in [6, 6.07) is 13.2. The predicted octanol–water partition coefficient (Wildman–Crippen LogP) is 3.75. The highest BCUT2D eigenvalue weighted by molar-refractivity contribution is 6.30. The van der Waals surface area contributed by atoms with Gasteiger partial charge in [-0.3, -0.25) is 0 Å². The van der Waals surface area contributed by atoms with E-state index in [4.69, 9.17) is 16.3 Å². The highest BCUT2D eigenvalue weighted by Gasteiger charge is 2.20. The van der Waals surface area contributed by atoms with Crippen LogP contribution in [0.2, 0.25) is 5.02 Å². The van der Waals surface area contributed by atoms with Crippen LogP contribution in [0.15, 0.2) is 42.5 Å². The van der Waals surface area contributed by atoms with Crippen LogP contribution in [-0.4, -0.2) is 11.2 Å². The van der Waals surface area contributed by atoms with E-state index in [0.717, 1.165) is 28.9 Å². The minimum Gasteiger partial charge on any atom is -0.490 e. The monoisotopic (exact) mass is 274 g/mol. The third-order valence-corrected chi connectivity index (χ3v) is 3.67. The molecule has 2 aromatic rings. The number of aliphatic hydroxyl groups is 1. The molecule has 0 fully saturated rings. The van der Waals surface area contributed by atoms with Gasteiger partial charge >= 0.3 is 0 Å². The number of aliphatic hydroxyl groups excluding tert-OH is 1. The Balaban J connectivity index is 1.90. The van der Waals surface area contributed by atoms with Crippen molar-refractivity contribution in [3.05, 3.63) is 64.2 Å². The molecule has 98 valence electrons. The molecular weight excluding hydrogens is 260 g/mol. The minimum absolute atomic E-state index is 0.220. The molecule has 1 aliphatic heterocycles. The summed E-state index contributed by atoms with van der Waals surface area (Å²) >= 11 is 5.86. The van der Waals surface area contributed by atoms with Gasteiger partial charge in [0.25, 0.3) is 0 Å². The molecule has 2 unspecified atom stereocenters. The van der Waals surface area contributed by atoms with Crippen molar-refractivity contribution in [3.8, 4) is 5.75 Å². The summed E-state index contributed by atoms with van der Waals surface area (Å²) in [7, 11) is 0. The lowest BCUT2D eigenvalue weighted by atomic mass is 9.98. The Hall–Kier alpha value is -1.51. The SMILES string of the molecule is CC1Cc2cc(C(O)c3ccc(Cl)cc3)ccc2O1. The van der Waals surface area contributed by atoms with Crippen molar-refractivity contribution in [1.29, 1.82) is 0 Å². The molecule has 3 rings (SSSR count). The van der Waals surface area contributed by atoms with E-state index in [-0.39, 0.29) is 6.10 Å². The number of rotatable bonds is 2. The average molecular weight is 275 g/mol. The Bertz CT molecular complexity index is 592. The number of benzene rings is 2. The minimum atomic E-state index is -0.626. The third kappa shape index (κ3) is 2.46.